The third kappa shape index (κ3) is 3.08. The molecule has 0 spiro atoms. The maximum absolute atomic E-state index is 10.2. The summed E-state index contributed by atoms with van der Waals surface area (Å²) in [4.78, 5) is 8.98. The molecule has 1 saturated heterocycles. The van der Waals surface area contributed by atoms with Gasteiger partial charge in [-0.2, -0.15) is 0 Å². The van der Waals surface area contributed by atoms with Crippen molar-refractivity contribution in [2.75, 3.05) is 11.6 Å². The van der Waals surface area contributed by atoms with E-state index < -0.39 is 11.9 Å². The average Bonchev–Trinajstić information content (AvgIpc) is 2.90. The Morgan fingerprint density at radius 2 is 2.00 bits per heavy atom. The maximum Gasteiger partial charge on any atom is 0.189 e. The Hall–Kier alpha value is -0.160. The van der Waals surface area contributed by atoms with E-state index in [0.29, 0.717) is 6.42 Å². The smallest absolute Gasteiger partial charge is 0.189 e. The average molecular weight is 437 g/mol. The Balaban J connectivity index is 1.83. The van der Waals surface area contributed by atoms with Crippen LogP contribution in [0.25, 0.3) is 0 Å². The second-order valence-corrected chi connectivity index (χ2v) is 7.93. The molecular weight excluding hydrogens is 417 g/mol. The Kier molecular flexibility index (Phi) is 4.59. The number of rotatable bonds is 3. The highest BCUT2D eigenvalue weighted by molar-refractivity contribution is 14.1. The molecule has 2 heterocycles. The topological polar surface area (TPSA) is 76.5 Å². The van der Waals surface area contributed by atoms with Crippen LogP contribution < -0.4 is 5.32 Å². The van der Waals surface area contributed by atoms with Gasteiger partial charge in [0.2, 0.25) is 0 Å². The molecule has 0 radical (unpaired) electrons. The fourth-order valence-electron chi connectivity index (χ4n) is 2.99. The predicted octanol–water partition coefficient (Wildman–Crippen LogP) is 2.18. The van der Waals surface area contributed by atoms with Crippen molar-refractivity contribution in [2.45, 2.75) is 62.5 Å². The fourth-order valence-corrected chi connectivity index (χ4v) is 3.80. The highest BCUT2D eigenvalue weighted by Gasteiger charge is 2.53. The highest BCUT2D eigenvalue weighted by Crippen LogP contribution is 2.39. The van der Waals surface area contributed by atoms with Gasteiger partial charge in [-0.15, -0.1) is 0 Å². The van der Waals surface area contributed by atoms with Crippen LogP contribution in [0.1, 0.15) is 26.0 Å². The SMILES string of the molecule is CSc1nc(C)c(I)c(N[C@@H]2C[C@H](O)[C@H]3OC(C)(C)O[C@H]32)n1. The molecule has 0 bridgehead atoms. The zero-order valence-electron chi connectivity index (χ0n) is 13.0. The second kappa shape index (κ2) is 6.04. The monoisotopic (exact) mass is 437 g/mol. The fraction of sp³-hybridized carbons (Fsp3) is 0.714. The molecule has 1 aromatic rings. The minimum atomic E-state index is -0.657. The molecule has 1 aromatic heterocycles. The Labute approximate surface area is 147 Å². The van der Waals surface area contributed by atoms with E-state index in [1.807, 2.05) is 27.0 Å². The van der Waals surface area contributed by atoms with E-state index >= 15 is 0 Å². The zero-order valence-corrected chi connectivity index (χ0v) is 15.9. The molecule has 22 heavy (non-hydrogen) atoms. The summed E-state index contributed by atoms with van der Waals surface area (Å²) >= 11 is 3.76. The van der Waals surface area contributed by atoms with Crippen molar-refractivity contribution in [3.05, 3.63) is 9.26 Å². The third-order valence-corrected chi connectivity index (χ3v) is 5.78. The van der Waals surface area contributed by atoms with Gasteiger partial charge in [0, 0.05) is 0 Å². The quantitative estimate of drug-likeness (QED) is 0.427. The molecule has 2 aliphatic rings. The van der Waals surface area contributed by atoms with Gasteiger partial charge in [0.15, 0.2) is 10.9 Å². The van der Waals surface area contributed by atoms with E-state index in [1.165, 1.54) is 11.8 Å². The lowest BCUT2D eigenvalue weighted by Crippen LogP contribution is -2.35. The van der Waals surface area contributed by atoms with Crippen molar-refractivity contribution >= 4 is 40.2 Å². The molecule has 8 heteroatoms. The number of nitrogens with zero attached hydrogens (tertiary/aromatic N) is 2. The number of ether oxygens (including phenoxy) is 2. The van der Waals surface area contributed by atoms with Gasteiger partial charge in [0.25, 0.3) is 0 Å². The number of aliphatic hydroxyl groups excluding tert-OH is 1. The van der Waals surface area contributed by atoms with Crippen LogP contribution in [-0.4, -0.2) is 51.5 Å². The van der Waals surface area contributed by atoms with Crippen LogP contribution in [0.5, 0.6) is 0 Å². The van der Waals surface area contributed by atoms with Gasteiger partial charge in [-0.3, -0.25) is 0 Å². The van der Waals surface area contributed by atoms with E-state index in [9.17, 15) is 5.11 Å². The van der Waals surface area contributed by atoms with Gasteiger partial charge < -0.3 is 19.9 Å². The number of halogens is 1. The van der Waals surface area contributed by atoms with Crippen molar-refractivity contribution in [1.82, 2.24) is 9.97 Å². The second-order valence-electron chi connectivity index (χ2n) is 6.08. The van der Waals surface area contributed by atoms with Crippen molar-refractivity contribution in [3.63, 3.8) is 0 Å². The lowest BCUT2D eigenvalue weighted by Gasteiger charge is -2.24. The van der Waals surface area contributed by atoms with E-state index in [2.05, 4.69) is 37.9 Å². The molecule has 122 valence electrons. The molecule has 2 fully saturated rings. The normalized spacial score (nSPS) is 33.0. The molecule has 1 aliphatic heterocycles. The number of anilines is 1. The largest absolute Gasteiger partial charge is 0.390 e. The lowest BCUT2D eigenvalue weighted by molar-refractivity contribution is -0.162. The number of fused-ring (bicyclic) bond motifs is 1. The van der Waals surface area contributed by atoms with Gasteiger partial charge in [-0.25, -0.2) is 9.97 Å². The molecule has 4 atom stereocenters. The van der Waals surface area contributed by atoms with Gasteiger partial charge in [-0.05, 0) is 56.0 Å². The summed E-state index contributed by atoms with van der Waals surface area (Å²) in [5, 5.41) is 14.4. The molecule has 0 unspecified atom stereocenters. The molecule has 1 aliphatic carbocycles. The standard InChI is InChI=1S/C14H20IN3O3S/c1-6-9(15)12(18-13(16-6)22-4)17-7-5-8(19)11-10(7)20-14(2,3)21-11/h7-8,10-11,19H,5H2,1-4H3,(H,16,17,18)/t7-,8+,10+,11-/m1/s1. The van der Waals surface area contributed by atoms with Crippen LogP contribution >= 0.6 is 34.4 Å². The van der Waals surface area contributed by atoms with Crippen molar-refractivity contribution in [2.24, 2.45) is 0 Å². The summed E-state index contributed by atoms with van der Waals surface area (Å²) in [6, 6.07) is -0.0284. The first-order chi connectivity index (χ1) is 10.3. The van der Waals surface area contributed by atoms with Gasteiger partial charge >= 0.3 is 0 Å². The van der Waals surface area contributed by atoms with Gasteiger partial charge in [0.05, 0.1) is 21.4 Å². The van der Waals surface area contributed by atoms with Crippen LogP contribution in [0.3, 0.4) is 0 Å². The number of aliphatic hydroxyl groups is 1. The summed E-state index contributed by atoms with van der Waals surface area (Å²) in [5.74, 6) is 0.138. The number of hydrogen-bond donors (Lipinski definition) is 2. The lowest BCUT2D eigenvalue weighted by atomic mass is 10.2. The van der Waals surface area contributed by atoms with E-state index in [1.54, 1.807) is 0 Å². The first-order valence-corrected chi connectivity index (χ1v) is 9.49. The summed E-state index contributed by atoms with van der Waals surface area (Å²) in [6.45, 7) is 5.72. The van der Waals surface area contributed by atoms with Crippen LogP contribution in [-0.2, 0) is 9.47 Å². The molecule has 2 N–H and O–H groups in total. The number of aromatic nitrogens is 2. The molecule has 0 amide bonds. The maximum atomic E-state index is 10.2. The first-order valence-electron chi connectivity index (χ1n) is 7.19. The summed E-state index contributed by atoms with van der Waals surface area (Å²) in [6.07, 6.45) is 1.56. The van der Waals surface area contributed by atoms with Crippen LogP contribution in [0.4, 0.5) is 5.82 Å². The minimum absolute atomic E-state index is 0.0284. The van der Waals surface area contributed by atoms with Crippen LogP contribution in [0.2, 0.25) is 0 Å². The minimum Gasteiger partial charge on any atom is -0.390 e. The molecule has 0 aromatic carbocycles. The molecule has 3 rings (SSSR count). The Bertz CT molecular complexity index is 587. The van der Waals surface area contributed by atoms with E-state index in [0.717, 1.165) is 20.2 Å². The highest BCUT2D eigenvalue weighted by atomic mass is 127. The van der Waals surface area contributed by atoms with Crippen LogP contribution in [0, 0.1) is 10.5 Å². The van der Waals surface area contributed by atoms with Crippen molar-refractivity contribution in [1.29, 1.82) is 0 Å². The zero-order chi connectivity index (χ0) is 16.1. The number of nitrogens with one attached hydrogen (secondary N) is 1. The number of hydrogen-bond acceptors (Lipinski definition) is 7. The first kappa shape index (κ1) is 16.7. The van der Waals surface area contributed by atoms with Crippen molar-refractivity contribution < 1.29 is 14.6 Å². The Morgan fingerprint density at radius 1 is 1.32 bits per heavy atom. The summed E-state index contributed by atoms with van der Waals surface area (Å²) in [7, 11) is 0. The molecular formula is C14H20IN3O3S. The van der Waals surface area contributed by atoms with Crippen molar-refractivity contribution in [3.8, 4) is 0 Å². The third-order valence-electron chi connectivity index (χ3n) is 3.94. The molecule has 6 nitrogen and oxygen atoms in total. The van der Waals surface area contributed by atoms with Gasteiger partial charge in [-0.1, -0.05) is 11.8 Å². The Morgan fingerprint density at radius 3 is 2.68 bits per heavy atom. The number of thioether (sulfide) groups is 1. The predicted molar refractivity (Wildman–Crippen MR) is 93.1 cm³/mol. The number of aryl methyl sites for hydroxylation is 1. The molecule has 1 saturated carbocycles. The van der Waals surface area contributed by atoms with Gasteiger partial charge in [0.1, 0.15) is 18.0 Å². The van der Waals surface area contributed by atoms with Crippen LogP contribution in [0.15, 0.2) is 5.16 Å². The van der Waals surface area contributed by atoms with E-state index in [4.69, 9.17) is 9.47 Å². The van der Waals surface area contributed by atoms with E-state index in [-0.39, 0.29) is 18.2 Å². The summed E-state index contributed by atoms with van der Waals surface area (Å²) in [5.41, 5.74) is 0.946. The summed E-state index contributed by atoms with van der Waals surface area (Å²) < 4.78 is 12.8.